The van der Waals surface area contributed by atoms with Gasteiger partial charge in [-0.25, -0.2) is 4.79 Å². The second kappa shape index (κ2) is 16.1. The molecule has 1 unspecified atom stereocenters. The summed E-state index contributed by atoms with van der Waals surface area (Å²) in [5, 5.41) is 8.61. The number of rotatable bonds is 11. The van der Waals surface area contributed by atoms with Crippen molar-refractivity contribution in [3.8, 4) is 11.3 Å². The molecule has 0 bridgehead atoms. The van der Waals surface area contributed by atoms with Gasteiger partial charge in [0.1, 0.15) is 22.2 Å². The minimum absolute atomic E-state index is 0.000940. The lowest BCUT2D eigenvalue weighted by molar-refractivity contribution is -0.115. The summed E-state index contributed by atoms with van der Waals surface area (Å²) in [6.07, 6.45) is 5.25. The molecule has 1 aliphatic carbocycles. The molecule has 3 N–H and O–H groups in total. The Morgan fingerprint density at radius 1 is 0.882 bits per heavy atom. The quantitative estimate of drug-likeness (QED) is 0.0710. The number of benzene rings is 3. The number of carbonyl (C=O) groups is 4. The number of furan rings is 1. The predicted octanol–water partition coefficient (Wildman–Crippen LogP) is 8.51. The molecule has 0 saturated carbocycles. The average Bonchev–Trinajstić information content (AvgIpc) is 3.76. The highest BCUT2D eigenvalue weighted by Crippen LogP contribution is 2.39. The van der Waals surface area contributed by atoms with E-state index in [0.29, 0.717) is 33.3 Å². The van der Waals surface area contributed by atoms with Crippen LogP contribution in [-0.4, -0.2) is 36.1 Å². The molecule has 1 atom stereocenters. The molecule has 9 nitrogen and oxygen atoms in total. The summed E-state index contributed by atoms with van der Waals surface area (Å²) in [7, 11) is 1.35. The van der Waals surface area contributed by atoms with E-state index < -0.39 is 23.0 Å². The Balaban J connectivity index is 1.13. The van der Waals surface area contributed by atoms with E-state index in [-0.39, 0.29) is 11.6 Å². The Morgan fingerprint density at radius 3 is 2.33 bits per heavy atom. The van der Waals surface area contributed by atoms with Crippen LogP contribution in [0.1, 0.15) is 62.2 Å². The van der Waals surface area contributed by atoms with Crippen LogP contribution >= 0.6 is 23.1 Å². The first-order chi connectivity index (χ1) is 24.7. The number of hydrogen-bond acceptors (Lipinski definition) is 8. The highest BCUT2D eigenvalue weighted by molar-refractivity contribution is 8.00. The molecule has 51 heavy (non-hydrogen) atoms. The van der Waals surface area contributed by atoms with E-state index in [4.69, 9.17) is 9.15 Å². The molecular formula is C40H37N3O6S2. The van der Waals surface area contributed by atoms with Crippen molar-refractivity contribution in [2.75, 3.05) is 17.7 Å². The summed E-state index contributed by atoms with van der Waals surface area (Å²) in [6, 6.07) is 27.1. The first-order valence-corrected chi connectivity index (χ1v) is 18.2. The Hall–Kier alpha value is -5.39. The SMILES string of the molecule is COC(=O)c1c(NC(=O)C(C)Sc2ccc(NC(=O)/C(=C/c3ccc(-c4ccc(C)cc4)o3)NC(=O)c3ccccc3)cc2)sc2c1CCCC2. The smallest absolute Gasteiger partial charge is 0.341 e. The minimum atomic E-state index is -0.541. The molecule has 2 aromatic heterocycles. The van der Waals surface area contributed by atoms with E-state index in [1.54, 1.807) is 61.5 Å². The van der Waals surface area contributed by atoms with Crippen LogP contribution in [0, 0.1) is 6.92 Å². The van der Waals surface area contributed by atoms with E-state index in [2.05, 4.69) is 16.0 Å². The third-order valence-corrected chi connectivity index (χ3v) is 10.7. The number of esters is 1. The number of nitrogens with one attached hydrogen (secondary N) is 3. The normalized spacial score (nSPS) is 13.1. The highest BCUT2D eigenvalue weighted by atomic mass is 32.2. The molecule has 0 radical (unpaired) electrons. The van der Waals surface area contributed by atoms with Gasteiger partial charge in [-0.15, -0.1) is 23.1 Å². The molecule has 6 rings (SSSR count). The third kappa shape index (κ3) is 8.68. The van der Waals surface area contributed by atoms with Crippen molar-refractivity contribution in [2.24, 2.45) is 0 Å². The molecule has 0 fully saturated rings. The fraction of sp³-hybridized carbons (Fsp3) is 0.200. The van der Waals surface area contributed by atoms with Crippen LogP contribution in [0.15, 0.2) is 106 Å². The van der Waals surface area contributed by atoms with Crippen LogP contribution in [0.3, 0.4) is 0 Å². The van der Waals surface area contributed by atoms with Gasteiger partial charge in [-0.3, -0.25) is 14.4 Å². The number of fused-ring (bicyclic) bond motifs is 1. The Morgan fingerprint density at radius 2 is 1.61 bits per heavy atom. The maximum absolute atomic E-state index is 13.6. The molecule has 3 aromatic carbocycles. The maximum Gasteiger partial charge on any atom is 0.341 e. The summed E-state index contributed by atoms with van der Waals surface area (Å²) in [5.74, 6) is -0.622. The van der Waals surface area contributed by atoms with Crippen molar-refractivity contribution in [1.82, 2.24) is 5.32 Å². The van der Waals surface area contributed by atoms with Crippen LogP contribution in [0.25, 0.3) is 17.4 Å². The number of thiophene rings is 1. The van der Waals surface area contributed by atoms with Crippen molar-refractivity contribution in [3.63, 3.8) is 0 Å². The number of carbonyl (C=O) groups excluding carboxylic acids is 4. The van der Waals surface area contributed by atoms with Crippen molar-refractivity contribution in [2.45, 2.75) is 49.7 Å². The van der Waals surface area contributed by atoms with Crippen LogP contribution in [0.5, 0.6) is 0 Å². The number of amides is 3. The first kappa shape index (κ1) is 35.4. The van der Waals surface area contributed by atoms with E-state index in [9.17, 15) is 19.2 Å². The van der Waals surface area contributed by atoms with Gasteiger partial charge >= 0.3 is 5.97 Å². The minimum Gasteiger partial charge on any atom is -0.465 e. The first-order valence-electron chi connectivity index (χ1n) is 16.5. The van der Waals surface area contributed by atoms with Crippen molar-refractivity contribution >= 4 is 63.6 Å². The van der Waals surface area contributed by atoms with Crippen molar-refractivity contribution < 1.29 is 28.3 Å². The van der Waals surface area contributed by atoms with Crippen molar-refractivity contribution in [1.29, 1.82) is 0 Å². The molecule has 5 aromatic rings. The molecule has 11 heteroatoms. The summed E-state index contributed by atoms with van der Waals surface area (Å²) < 4.78 is 11.1. The standard InChI is InChI=1S/C40H37N3O6S2/c1-24-13-15-26(16-14-24)33-22-19-29(49-33)23-32(42-37(45)27-9-5-4-6-10-27)38(46)41-28-17-20-30(21-18-28)50-25(2)36(44)43-39-35(40(47)48-3)31-11-7-8-12-34(31)51-39/h4-6,9-10,13-23,25H,7-8,11-12H2,1-3H3,(H,41,46)(H,42,45)(H,43,44)/b32-23-. The van der Waals surface area contributed by atoms with Crippen LogP contribution < -0.4 is 16.0 Å². The van der Waals surface area contributed by atoms with E-state index in [1.165, 1.54) is 36.3 Å². The molecule has 1 aliphatic rings. The average molecular weight is 720 g/mol. The largest absolute Gasteiger partial charge is 0.465 e. The Labute approximate surface area is 304 Å². The zero-order valence-corrected chi connectivity index (χ0v) is 30.0. The number of ether oxygens (including phenoxy) is 1. The van der Waals surface area contributed by atoms with Crippen LogP contribution in [-0.2, 0) is 27.2 Å². The summed E-state index contributed by atoms with van der Waals surface area (Å²) in [4.78, 5) is 54.4. The number of hydrogen-bond donors (Lipinski definition) is 3. The fourth-order valence-electron chi connectivity index (χ4n) is 5.65. The third-order valence-electron chi connectivity index (χ3n) is 8.37. The van der Waals surface area contributed by atoms with Gasteiger partial charge in [0, 0.05) is 32.7 Å². The lowest BCUT2D eigenvalue weighted by atomic mass is 9.95. The van der Waals surface area contributed by atoms with Crippen LogP contribution in [0.2, 0.25) is 0 Å². The van der Waals surface area contributed by atoms with Gasteiger partial charge in [0.25, 0.3) is 11.8 Å². The van der Waals surface area contributed by atoms with E-state index in [1.807, 2.05) is 43.3 Å². The molecule has 0 saturated heterocycles. The highest BCUT2D eigenvalue weighted by Gasteiger charge is 2.28. The number of anilines is 2. The van der Waals surface area contributed by atoms with Gasteiger partial charge < -0.3 is 25.1 Å². The van der Waals surface area contributed by atoms with Gasteiger partial charge in [0.05, 0.1) is 17.9 Å². The van der Waals surface area contributed by atoms with Crippen molar-refractivity contribution in [3.05, 3.63) is 130 Å². The monoisotopic (exact) mass is 719 g/mol. The predicted molar refractivity (Wildman–Crippen MR) is 202 cm³/mol. The summed E-state index contributed by atoms with van der Waals surface area (Å²) in [6.45, 7) is 3.81. The van der Waals surface area contributed by atoms with E-state index in [0.717, 1.165) is 52.1 Å². The lowest BCUT2D eigenvalue weighted by Gasteiger charge is -2.14. The molecular weight excluding hydrogens is 683 g/mol. The molecule has 260 valence electrons. The van der Waals surface area contributed by atoms with Gasteiger partial charge in [0.2, 0.25) is 5.91 Å². The zero-order valence-electron chi connectivity index (χ0n) is 28.4. The molecule has 0 spiro atoms. The second-order valence-corrected chi connectivity index (χ2v) is 14.6. The van der Waals surface area contributed by atoms with Crippen LogP contribution in [0.4, 0.5) is 10.7 Å². The van der Waals surface area contributed by atoms with Gasteiger partial charge in [-0.1, -0.05) is 48.0 Å². The van der Waals surface area contributed by atoms with Gasteiger partial charge in [-0.2, -0.15) is 0 Å². The molecule has 2 heterocycles. The lowest BCUT2D eigenvalue weighted by Crippen LogP contribution is -2.30. The second-order valence-electron chi connectivity index (χ2n) is 12.1. The molecule has 3 amide bonds. The number of aryl methyl sites for hydroxylation is 2. The summed E-state index contributed by atoms with van der Waals surface area (Å²) in [5.41, 5.74) is 4.36. The zero-order chi connectivity index (χ0) is 35.9. The summed E-state index contributed by atoms with van der Waals surface area (Å²) >= 11 is 2.80. The fourth-order valence-corrected chi connectivity index (χ4v) is 7.79. The Bertz CT molecular complexity index is 2080. The topological polar surface area (TPSA) is 127 Å². The number of thioether (sulfide) groups is 1. The van der Waals surface area contributed by atoms with Gasteiger partial charge in [0.15, 0.2) is 0 Å². The maximum atomic E-state index is 13.6. The van der Waals surface area contributed by atoms with E-state index >= 15 is 0 Å². The number of methoxy groups -OCH3 is 1. The Kier molecular flexibility index (Phi) is 11.2. The molecule has 0 aliphatic heterocycles. The van der Waals surface area contributed by atoms with Gasteiger partial charge in [-0.05, 0) is 93.6 Å².